The Labute approximate surface area is 226 Å². The normalized spacial score (nSPS) is 40.6. The van der Waals surface area contributed by atoms with E-state index in [0.717, 1.165) is 71.3 Å². The molecule has 0 heterocycles. The van der Waals surface area contributed by atoms with E-state index in [1.807, 2.05) is 0 Å². The molecule has 8 unspecified atom stereocenters. The predicted molar refractivity (Wildman–Crippen MR) is 139 cm³/mol. The van der Waals surface area contributed by atoms with Gasteiger partial charge in [0.1, 0.15) is 0 Å². The largest absolute Gasteiger partial charge is 4.00 e. The van der Waals surface area contributed by atoms with E-state index >= 15 is 0 Å². The van der Waals surface area contributed by atoms with Crippen LogP contribution in [0.15, 0.2) is 0 Å². The van der Waals surface area contributed by atoms with E-state index in [1.165, 1.54) is 12.8 Å². The van der Waals surface area contributed by atoms with Crippen LogP contribution in [0.4, 0.5) is 0 Å². The molecule has 0 amide bonds. The van der Waals surface area contributed by atoms with Crippen LogP contribution in [-0.2, 0) is 0 Å². The fraction of sp³-hybridized carbons (Fsp3) is 0.929. The minimum absolute atomic E-state index is 0. The van der Waals surface area contributed by atoms with Crippen LogP contribution in [0, 0.1) is 101 Å². The Hall–Kier alpha value is 1.54. The van der Waals surface area contributed by atoms with Gasteiger partial charge in [-0.25, -0.2) is 0 Å². The van der Waals surface area contributed by atoms with Crippen LogP contribution < -0.4 is 0 Å². The third-order valence-corrected chi connectivity index (χ3v) is 15.2. The first-order valence-electron chi connectivity index (χ1n) is 12.9. The van der Waals surface area contributed by atoms with Gasteiger partial charge in [0.25, 0.3) is 0 Å². The molecule has 0 bridgehead atoms. The molecule has 30 heavy (non-hydrogen) atoms. The van der Waals surface area contributed by atoms with E-state index in [1.54, 1.807) is 0 Å². The van der Waals surface area contributed by atoms with E-state index in [-0.39, 0.29) is 39.9 Å². The van der Waals surface area contributed by atoms with Gasteiger partial charge in [-0.15, -0.1) is 0 Å². The molecule has 2 fully saturated rings. The van der Waals surface area contributed by atoms with Crippen molar-refractivity contribution in [3.63, 3.8) is 0 Å². The number of hydrogen-bond donors (Lipinski definition) is 0. The molecule has 2 saturated carbocycles. The van der Waals surface area contributed by atoms with Crippen LogP contribution in [0.1, 0.15) is 94.9 Å². The van der Waals surface area contributed by atoms with Crippen molar-refractivity contribution < 1.29 is 39.9 Å². The van der Waals surface area contributed by atoms with E-state index < -0.39 is 8.07 Å². The molecular formula is C28H58SiTh+2. The van der Waals surface area contributed by atoms with Crippen LogP contribution >= 0.6 is 0 Å². The third-order valence-electron chi connectivity index (χ3n) is 9.67. The Kier molecular flexibility index (Phi) is 17.4. The average Bonchev–Trinajstić information content (AvgIpc) is 3.01. The van der Waals surface area contributed by atoms with Crippen molar-refractivity contribution >= 4 is 8.07 Å². The van der Waals surface area contributed by atoms with Gasteiger partial charge < -0.3 is 13.8 Å². The smallest absolute Gasteiger partial charge is 0.343 e. The van der Waals surface area contributed by atoms with Crippen molar-refractivity contribution in [1.82, 2.24) is 0 Å². The summed E-state index contributed by atoms with van der Waals surface area (Å²) >= 11 is 0. The van der Waals surface area contributed by atoms with Crippen molar-refractivity contribution in [3.8, 4) is 0 Å². The second-order valence-corrected chi connectivity index (χ2v) is 16.4. The van der Waals surface area contributed by atoms with Crippen LogP contribution in [0.2, 0.25) is 24.2 Å². The summed E-state index contributed by atoms with van der Waals surface area (Å²) < 4.78 is 0. The van der Waals surface area contributed by atoms with Crippen LogP contribution in [0.3, 0.4) is 0 Å². The maximum atomic E-state index is 3.60. The molecule has 0 aliphatic heterocycles. The van der Waals surface area contributed by atoms with Crippen LogP contribution in [0.25, 0.3) is 0 Å². The van der Waals surface area contributed by atoms with Gasteiger partial charge in [-0.2, -0.15) is 12.8 Å². The average molecular weight is 655 g/mol. The molecule has 0 spiro atoms. The Bertz CT molecular complexity index is 364. The number of hydrogen-bond acceptors (Lipinski definition) is 0. The van der Waals surface area contributed by atoms with Crippen molar-refractivity contribution in [3.05, 3.63) is 13.8 Å². The molecular weight excluding hydrogens is 596 g/mol. The van der Waals surface area contributed by atoms with E-state index in [0.29, 0.717) is 0 Å². The quantitative estimate of drug-likeness (QED) is 0.209. The zero-order chi connectivity index (χ0) is 23.1. The SMILES string of the molecule is CC1C(C)C(C)C([Si](C)(C)C2C(C)C(C)C(C)C2C)C1C.[CH2-]CCC.[CH2-]CCC.[Th+4]. The van der Waals surface area contributed by atoms with Crippen molar-refractivity contribution in [2.24, 2.45) is 47.3 Å². The molecule has 0 radical (unpaired) electrons. The molecule has 8 atom stereocenters. The number of unbranched alkanes of at least 4 members (excludes halogenated alkanes) is 2. The zero-order valence-electron chi connectivity index (χ0n) is 23.0. The first-order valence-corrected chi connectivity index (χ1v) is 16.1. The molecule has 2 aliphatic carbocycles. The van der Waals surface area contributed by atoms with Gasteiger partial charge in [-0.05, 0) is 58.4 Å². The van der Waals surface area contributed by atoms with Crippen LogP contribution in [-0.4, -0.2) is 8.07 Å². The van der Waals surface area contributed by atoms with Gasteiger partial charge >= 0.3 is 39.9 Å². The minimum Gasteiger partial charge on any atom is -0.343 e. The summed E-state index contributed by atoms with van der Waals surface area (Å²) in [5.41, 5.74) is 2.05. The summed E-state index contributed by atoms with van der Waals surface area (Å²) in [6, 6.07) is 0. The first-order chi connectivity index (χ1) is 13.4. The minimum atomic E-state index is -1.26. The van der Waals surface area contributed by atoms with Crippen LogP contribution in [0.5, 0.6) is 0 Å². The molecule has 0 nitrogen and oxygen atoms in total. The predicted octanol–water partition coefficient (Wildman–Crippen LogP) is 9.79. The van der Waals surface area contributed by atoms with Gasteiger partial charge in [0.05, 0.1) is 8.07 Å². The van der Waals surface area contributed by atoms with E-state index in [4.69, 9.17) is 0 Å². The number of rotatable bonds is 4. The second-order valence-electron chi connectivity index (χ2n) is 11.5. The Morgan fingerprint density at radius 3 is 0.800 bits per heavy atom. The zero-order valence-corrected chi connectivity index (χ0v) is 28.1. The first kappa shape index (κ1) is 33.7. The van der Waals surface area contributed by atoms with E-state index in [2.05, 4.69) is 96.2 Å². The van der Waals surface area contributed by atoms with E-state index in [9.17, 15) is 0 Å². The maximum Gasteiger partial charge on any atom is 4.00 e. The molecule has 2 aliphatic rings. The summed E-state index contributed by atoms with van der Waals surface area (Å²) in [5.74, 6) is 7.39. The van der Waals surface area contributed by atoms with Gasteiger partial charge in [-0.1, -0.05) is 95.2 Å². The molecule has 0 aromatic rings. The molecule has 0 aromatic carbocycles. The maximum absolute atomic E-state index is 3.60. The molecule has 0 N–H and O–H groups in total. The summed E-state index contributed by atoms with van der Waals surface area (Å²) in [6.45, 7) is 37.3. The van der Waals surface area contributed by atoms with Crippen molar-refractivity contribution in [2.45, 2.75) is 119 Å². The second kappa shape index (κ2) is 15.4. The summed E-state index contributed by atoms with van der Waals surface area (Å²) in [4.78, 5) is 0. The summed E-state index contributed by atoms with van der Waals surface area (Å²) in [7, 11) is -1.26. The topological polar surface area (TPSA) is 0 Å². The Morgan fingerprint density at radius 2 is 0.667 bits per heavy atom. The molecule has 2 heteroatoms. The van der Waals surface area contributed by atoms with Gasteiger partial charge in [0, 0.05) is 0 Å². The standard InChI is InChI=1S/C20H40Si.2C4H9.Th/c1-11-12(2)16(6)19(15(11)5)21(9,10)20-17(7)13(3)14(4)18(20)8;2*1-3-4-2;/h11-20H,1-10H3;2*1,3-4H2,2H3;/q;2*-1;+4. The van der Waals surface area contributed by atoms with Gasteiger partial charge in [0.2, 0.25) is 0 Å². The van der Waals surface area contributed by atoms with Crippen molar-refractivity contribution in [1.29, 1.82) is 0 Å². The fourth-order valence-electron chi connectivity index (χ4n) is 7.11. The molecule has 2 rings (SSSR count). The fourth-order valence-corrected chi connectivity index (χ4v) is 14.2. The van der Waals surface area contributed by atoms with Gasteiger partial charge in [0.15, 0.2) is 0 Å². The summed E-state index contributed by atoms with van der Waals surface area (Å²) in [5, 5.41) is 0. The van der Waals surface area contributed by atoms with Crippen molar-refractivity contribution in [2.75, 3.05) is 0 Å². The third kappa shape index (κ3) is 7.80. The van der Waals surface area contributed by atoms with Gasteiger partial charge in [-0.3, -0.25) is 0 Å². The molecule has 176 valence electrons. The summed E-state index contributed by atoms with van der Waals surface area (Å²) in [6.07, 6.45) is 4.56. The Morgan fingerprint density at radius 1 is 0.500 bits per heavy atom. The monoisotopic (exact) mass is 654 g/mol. The molecule has 0 saturated heterocycles. The Balaban J connectivity index is 0. The molecule has 0 aromatic heterocycles.